The van der Waals surface area contributed by atoms with Crippen LogP contribution in [-0.4, -0.2) is 23.6 Å². The molecular weight excluding hydrogens is 387 g/mol. The minimum absolute atomic E-state index is 0.0202. The second-order valence-corrected chi connectivity index (χ2v) is 8.86. The van der Waals surface area contributed by atoms with Crippen LogP contribution in [0.5, 0.6) is 0 Å². The Balaban J connectivity index is 1.55. The highest BCUT2D eigenvalue weighted by atomic mass is 32.2. The molecule has 6 heteroatoms. The summed E-state index contributed by atoms with van der Waals surface area (Å²) in [6, 6.07) is 12.0. The van der Waals surface area contributed by atoms with Crippen LogP contribution < -0.4 is 10.2 Å². The van der Waals surface area contributed by atoms with Crippen LogP contribution in [-0.2, 0) is 4.79 Å². The van der Waals surface area contributed by atoms with Crippen LogP contribution in [0.1, 0.15) is 59.0 Å². The van der Waals surface area contributed by atoms with Gasteiger partial charge >= 0.3 is 0 Å². The van der Waals surface area contributed by atoms with E-state index in [2.05, 4.69) is 5.32 Å². The number of halogens is 1. The molecule has 1 unspecified atom stereocenters. The zero-order valence-electron chi connectivity index (χ0n) is 16.5. The number of nitrogens with one attached hydrogen (secondary N) is 1. The molecule has 1 saturated carbocycles. The number of thioether (sulfide) groups is 1. The van der Waals surface area contributed by atoms with Gasteiger partial charge in [-0.2, -0.15) is 0 Å². The third-order valence-electron chi connectivity index (χ3n) is 5.68. The van der Waals surface area contributed by atoms with Crippen molar-refractivity contribution >= 4 is 29.3 Å². The Kier molecular flexibility index (Phi) is 5.90. The predicted molar refractivity (Wildman–Crippen MR) is 115 cm³/mol. The number of aryl methyl sites for hydroxylation is 1. The van der Waals surface area contributed by atoms with E-state index < -0.39 is 0 Å². The number of hydrogen-bond acceptors (Lipinski definition) is 3. The lowest BCUT2D eigenvalue weighted by molar-refractivity contribution is -0.115. The van der Waals surface area contributed by atoms with Crippen LogP contribution >= 0.6 is 11.8 Å². The van der Waals surface area contributed by atoms with E-state index in [0.717, 1.165) is 29.7 Å². The van der Waals surface area contributed by atoms with E-state index in [9.17, 15) is 14.0 Å². The van der Waals surface area contributed by atoms with Crippen molar-refractivity contribution in [2.24, 2.45) is 0 Å². The molecule has 2 amide bonds. The minimum Gasteiger partial charge on any atom is -0.349 e. The first-order valence-electron chi connectivity index (χ1n) is 10.1. The SMILES string of the molecule is Cc1cc(C(=O)NC2CCCCC2)ccc1N1C(=O)CSC1c1ccc(F)cc1. The molecule has 1 aliphatic heterocycles. The Bertz CT molecular complexity index is 910. The number of anilines is 1. The fraction of sp³-hybridized carbons (Fsp3) is 0.391. The van der Waals surface area contributed by atoms with Crippen molar-refractivity contribution < 1.29 is 14.0 Å². The fourth-order valence-corrected chi connectivity index (χ4v) is 5.31. The third kappa shape index (κ3) is 4.32. The van der Waals surface area contributed by atoms with Gasteiger partial charge in [-0.15, -0.1) is 11.8 Å². The molecule has 2 aliphatic rings. The largest absolute Gasteiger partial charge is 0.349 e. The van der Waals surface area contributed by atoms with Gasteiger partial charge < -0.3 is 5.32 Å². The molecule has 4 nitrogen and oxygen atoms in total. The standard InChI is InChI=1S/C23H25FN2O2S/c1-15-13-17(22(28)25-19-5-3-2-4-6-19)9-12-20(15)26-21(27)14-29-23(26)16-7-10-18(24)11-8-16/h7-13,19,23H,2-6,14H2,1H3,(H,25,28). The molecule has 2 aromatic carbocycles. The van der Waals surface area contributed by atoms with E-state index in [1.54, 1.807) is 23.1 Å². The van der Waals surface area contributed by atoms with Gasteiger partial charge in [-0.1, -0.05) is 31.4 Å². The minimum atomic E-state index is -0.292. The maximum absolute atomic E-state index is 13.3. The number of hydrogen-bond donors (Lipinski definition) is 1. The summed E-state index contributed by atoms with van der Waals surface area (Å²) in [5.74, 6) is 0.0560. The Morgan fingerprint density at radius 2 is 1.83 bits per heavy atom. The molecule has 1 heterocycles. The van der Waals surface area contributed by atoms with E-state index in [1.807, 2.05) is 19.1 Å². The van der Waals surface area contributed by atoms with Crippen LogP contribution in [0.4, 0.5) is 10.1 Å². The lowest BCUT2D eigenvalue weighted by Crippen LogP contribution is -2.36. The van der Waals surface area contributed by atoms with Crippen LogP contribution in [0.3, 0.4) is 0 Å². The van der Waals surface area contributed by atoms with Crippen molar-refractivity contribution in [3.8, 4) is 0 Å². The van der Waals surface area contributed by atoms with Gasteiger partial charge in [0.2, 0.25) is 5.91 Å². The highest BCUT2D eigenvalue weighted by Gasteiger charge is 2.35. The van der Waals surface area contributed by atoms with Crippen molar-refractivity contribution in [2.75, 3.05) is 10.7 Å². The van der Waals surface area contributed by atoms with Crippen molar-refractivity contribution in [1.29, 1.82) is 0 Å². The van der Waals surface area contributed by atoms with Gasteiger partial charge in [0.05, 0.1) is 5.75 Å². The van der Waals surface area contributed by atoms with E-state index in [0.29, 0.717) is 11.3 Å². The quantitative estimate of drug-likeness (QED) is 0.771. The Morgan fingerprint density at radius 3 is 2.52 bits per heavy atom. The number of amides is 2. The molecule has 29 heavy (non-hydrogen) atoms. The summed E-state index contributed by atoms with van der Waals surface area (Å²) in [6.45, 7) is 1.92. The van der Waals surface area contributed by atoms with Crippen LogP contribution in [0, 0.1) is 12.7 Å². The van der Waals surface area contributed by atoms with E-state index in [1.165, 1.54) is 43.2 Å². The topological polar surface area (TPSA) is 49.4 Å². The number of rotatable bonds is 4. The molecule has 0 aromatic heterocycles. The summed E-state index contributed by atoms with van der Waals surface area (Å²) >= 11 is 1.53. The maximum Gasteiger partial charge on any atom is 0.251 e. The highest BCUT2D eigenvalue weighted by Crippen LogP contribution is 2.42. The van der Waals surface area contributed by atoms with Crippen LogP contribution in [0.15, 0.2) is 42.5 Å². The smallest absolute Gasteiger partial charge is 0.251 e. The van der Waals surface area contributed by atoms with Gasteiger partial charge in [0, 0.05) is 17.3 Å². The molecule has 1 atom stereocenters. The number of carbonyl (C=O) groups excluding carboxylic acids is 2. The molecule has 4 rings (SSSR count). The van der Waals surface area contributed by atoms with Crippen LogP contribution in [0.2, 0.25) is 0 Å². The summed E-state index contributed by atoms with van der Waals surface area (Å²) < 4.78 is 13.3. The van der Waals surface area contributed by atoms with E-state index in [-0.39, 0.29) is 29.0 Å². The molecule has 2 aromatic rings. The van der Waals surface area contributed by atoms with E-state index >= 15 is 0 Å². The normalized spacial score (nSPS) is 20.1. The van der Waals surface area contributed by atoms with Crippen molar-refractivity contribution in [1.82, 2.24) is 5.32 Å². The maximum atomic E-state index is 13.3. The summed E-state index contributed by atoms with van der Waals surface area (Å²) in [6.07, 6.45) is 5.67. The van der Waals surface area contributed by atoms with Crippen LogP contribution in [0.25, 0.3) is 0 Å². The predicted octanol–water partition coefficient (Wildman–Crippen LogP) is 4.98. The average Bonchev–Trinajstić information content (AvgIpc) is 3.10. The molecule has 0 radical (unpaired) electrons. The first-order chi connectivity index (χ1) is 14.0. The second-order valence-electron chi connectivity index (χ2n) is 7.79. The molecule has 2 fully saturated rings. The Morgan fingerprint density at radius 1 is 1.10 bits per heavy atom. The van der Waals surface area contributed by atoms with Crippen molar-refractivity contribution in [3.63, 3.8) is 0 Å². The first kappa shape index (κ1) is 20.0. The zero-order chi connectivity index (χ0) is 20.4. The Hall–Kier alpha value is -2.34. The van der Waals surface area contributed by atoms with Crippen molar-refractivity contribution in [3.05, 3.63) is 65.0 Å². The zero-order valence-corrected chi connectivity index (χ0v) is 17.3. The number of benzene rings is 2. The molecule has 152 valence electrons. The van der Waals surface area contributed by atoms with E-state index in [4.69, 9.17) is 0 Å². The average molecular weight is 413 g/mol. The lowest BCUT2D eigenvalue weighted by Gasteiger charge is -2.26. The molecule has 1 N–H and O–H groups in total. The van der Waals surface area contributed by atoms with Gasteiger partial charge in [0.15, 0.2) is 0 Å². The highest BCUT2D eigenvalue weighted by molar-refractivity contribution is 8.00. The van der Waals surface area contributed by atoms with Crippen molar-refractivity contribution in [2.45, 2.75) is 50.4 Å². The van der Waals surface area contributed by atoms with Gasteiger partial charge in [-0.05, 0) is 61.2 Å². The Labute approximate surface area is 174 Å². The summed E-state index contributed by atoms with van der Waals surface area (Å²) in [7, 11) is 0. The number of nitrogens with zero attached hydrogens (tertiary/aromatic N) is 1. The van der Waals surface area contributed by atoms with Gasteiger partial charge in [0.25, 0.3) is 5.91 Å². The fourth-order valence-electron chi connectivity index (χ4n) is 4.14. The van der Waals surface area contributed by atoms with Gasteiger partial charge in [0.1, 0.15) is 11.2 Å². The summed E-state index contributed by atoms with van der Waals surface area (Å²) in [5.41, 5.74) is 3.18. The number of carbonyl (C=O) groups is 2. The molecule has 1 saturated heterocycles. The first-order valence-corrected chi connectivity index (χ1v) is 11.2. The summed E-state index contributed by atoms with van der Waals surface area (Å²) in [5, 5.41) is 2.95. The molecule has 0 spiro atoms. The van der Waals surface area contributed by atoms with Gasteiger partial charge in [-0.3, -0.25) is 14.5 Å². The monoisotopic (exact) mass is 412 g/mol. The lowest BCUT2D eigenvalue weighted by atomic mass is 9.95. The van der Waals surface area contributed by atoms with Gasteiger partial charge in [-0.25, -0.2) is 4.39 Å². The molecule has 0 bridgehead atoms. The second kappa shape index (κ2) is 8.57. The summed E-state index contributed by atoms with van der Waals surface area (Å²) in [4.78, 5) is 27.0. The molecular formula is C23H25FN2O2S. The molecule has 1 aliphatic carbocycles. The third-order valence-corrected chi connectivity index (χ3v) is 6.89.